The third kappa shape index (κ3) is 2.48. The van der Waals surface area contributed by atoms with Gasteiger partial charge in [0.05, 0.1) is 17.7 Å². The van der Waals surface area contributed by atoms with E-state index >= 15 is 0 Å². The number of hydrogen-bond acceptors (Lipinski definition) is 3. The summed E-state index contributed by atoms with van der Waals surface area (Å²) in [6, 6.07) is 7.46. The van der Waals surface area contributed by atoms with Crippen molar-refractivity contribution in [2.24, 2.45) is 0 Å². The second-order valence-electron chi connectivity index (χ2n) is 3.58. The monoisotopic (exact) mass is 204 g/mol. The largest absolute Gasteiger partial charge is 0.389 e. The zero-order valence-electron chi connectivity index (χ0n) is 9.36. The Morgan fingerprint density at radius 1 is 1.53 bits per heavy atom. The third-order valence-electron chi connectivity index (χ3n) is 2.50. The van der Waals surface area contributed by atoms with Gasteiger partial charge in [-0.1, -0.05) is 6.07 Å². The zero-order chi connectivity index (χ0) is 11.4. The van der Waals surface area contributed by atoms with Crippen LogP contribution in [-0.4, -0.2) is 18.7 Å². The van der Waals surface area contributed by atoms with E-state index in [0.29, 0.717) is 5.56 Å². The molecule has 0 spiro atoms. The molecular weight excluding hydrogens is 188 g/mol. The van der Waals surface area contributed by atoms with Crippen LogP contribution in [0.3, 0.4) is 0 Å². The van der Waals surface area contributed by atoms with Gasteiger partial charge >= 0.3 is 0 Å². The molecule has 0 heterocycles. The Kier molecular flexibility index (Phi) is 3.70. The van der Waals surface area contributed by atoms with Gasteiger partial charge in [0.1, 0.15) is 0 Å². The highest BCUT2D eigenvalue weighted by Gasteiger charge is 2.11. The molecule has 0 bridgehead atoms. The van der Waals surface area contributed by atoms with Gasteiger partial charge in [0.2, 0.25) is 0 Å². The van der Waals surface area contributed by atoms with Crippen LogP contribution in [0.5, 0.6) is 0 Å². The molecule has 1 atom stereocenters. The minimum absolute atomic E-state index is 0.512. The number of hydrogen-bond donors (Lipinski definition) is 1. The number of anilines is 1. The van der Waals surface area contributed by atoms with Crippen LogP contribution in [0.1, 0.15) is 31.1 Å². The number of benzene rings is 1. The van der Waals surface area contributed by atoms with Crippen molar-refractivity contribution in [3.63, 3.8) is 0 Å². The topological polar surface area (TPSA) is 47.3 Å². The van der Waals surface area contributed by atoms with Gasteiger partial charge in [-0.2, -0.15) is 5.26 Å². The van der Waals surface area contributed by atoms with E-state index in [1.807, 2.05) is 31.0 Å². The second kappa shape index (κ2) is 4.81. The van der Waals surface area contributed by atoms with E-state index in [1.165, 1.54) is 0 Å². The molecule has 0 aliphatic rings. The van der Waals surface area contributed by atoms with Gasteiger partial charge in [-0.3, -0.25) is 0 Å². The highest BCUT2D eigenvalue weighted by atomic mass is 16.3. The molecule has 0 unspecified atom stereocenters. The maximum absolute atomic E-state index is 9.60. The fraction of sp³-hybridized carbons (Fsp3) is 0.417. The lowest BCUT2D eigenvalue weighted by Gasteiger charge is -2.22. The molecule has 3 nitrogen and oxygen atoms in total. The van der Waals surface area contributed by atoms with Crippen LogP contribution < -0.4 is 4.90 Å². The fourth-order valence-electron chi connectivity index (χ4n) is 1.47. The van der Waals surface area contributed by atoms with Crippen molar-refractivity contribution in [1.29, 1.82) is 5.26 Å². The van der Waals surface area contributed by atoms with Crippen LogP contribution in [0, 0.1) is 11.3 Å². The first-order chi connectivity index (χ1) is 7.10. The highest BCUT2D eigenvalue weighted by Crippen LogP contribution is 2.26. The fourth-order valence-corrected chi connectivity index (χ4v) is 1.47. The van der Waals surface area contributed by atoms with Crippen molar-refractivity contribution < 1.29 is 5.11 Å². The van der Waals surface area contributed by atoms with E-state index in [0.717, 1.165) is 17.8 Å². The molecule has 0 fully saturated rings. The molecule has 15 heavy (non-hydrogen) atoms. The van der Waals surface area contributed by atoms with Crippen LogP contribution in [0.15, 0.2) is 18.2 Å². The smallest absolute Gasteiger partial charge is 0.0992 e. The molecule has 0 saturated heterocycles. The maximum atomic E-state index is 9.60. The molecule has 1 rings (SSSR count). The summed E-state index contributed by atoms with van der Waals surface area (Å²) in [5.41, 5.74) is 2.40. The Bertz CT molecular complexity index is 380. The summed E-state index contributed by atoms with van der Waals surface area (Å²) in [6.45, 7) is 4.61. The summed E-state index contributed by atoms with van der Waals surface area (Å²) in [6.07, 6.45) is -0.512. The molecule has 0 aromatic heterocycles. The molecular formula is C12H16N2O. The van der Waals surface area contributed by atoms with Crippen LogP contribution in [0.4, 0.5) is 5.69 Å². The van der Waals surface area contributed by atoms with Crippen molar-refractivity contribution in [3.05, 3.63) is 29.3 Å². The van der Waals surface area contributed by atoms with Crippen molar-refractivity contribution >= 4 is 5.69 Å². The van der Waals surface area contributed by atoms with Crippen molar-refractivity contribution in [2.45, 2.75) is 20.0 Å². The average molecular weight is 204 g/mol. The van der Waals surface area contributed by atoms with Crippen LogP contribution in [0.2, 0.25) is 0 Å². The van der Waals surface area contributed by atoms with E-state index < -0.39 is 6.10 Å². The van der Waals surface area contributed by atoms with Crippen molar-refractivity contribution in [1.82, 2.24) is 0 Å². The van der Waals surface area contributed by atoms with E-state index in [1.54, 1.807) is 13.0 Å². The van der Waals surface area contributed by atoms with Gasteiger partial charge < -0.3 is 10.0 Å². The van der Waals surface area contributed by atoms with Gasteiger partial charge in [0.15, 0.2) is 0 Å². The quantitative estimate of drug-likeness (QED) is 0.819. The van der Waals surface area contributed by atoms with E-state index in [2.05, 4.69) is 6.07 Å². The van der Waals surface area contributed by atoms with E-state index in [-0.39, 0.29) is 0 Å². The van der Waals surface area contributed by atoms with Crippen LogP contribution >= 0.6 is 0 Å². The molecule has 1 aromatic carbocycles. The summed E-state index contributed by atoms with van der Waals surface area (Å²) in [5, 5.41) is 18.4. The van der Waals surface area contributed by atoms with Gasteiger partial charge in [-0.15, -0.1) is 0 Å². The van der Waals surface area contributed by atoms with Crippen molar-refractivity contribution in [2.75, 3.05) is 18.5 Å². The number of nitriles is 1. The summed E-state index contributed by atoms with van der Waals surface area (Å²) < 4.78 is 0. The molecule has 0 amide bonds. The lowest BCUT2D eigenvalue weighted by Crippen LogP contribution is -2.18. The van der Waals surface area contributed by atoms with Crippen molar-refractivity contribution in [3.8, 4) is 6.07 Å². The van der Waals surface area contributed by atoms with Gasteiger partial charge in [0, 0.05) is 24.8 Å². The number of rotatable bonds is 3. The third-order valence-corrected chi connectivity index (χ3v) is 2.50. The molecule has 0 saturated carbocycles. The standard InChI is InChI=1S/C12H16N2O/c1-4-14(3)12-7-10(8-13)5-6-11(12)9(2)15/h5-7,9,15H,4H2,1-3H3/t9-/m1/s1. The second-order valence-corrected chi connectivity index (χ2v) is 3.58. The zero-order valence-corrected chi connectivity index (χ0v) is 9.36. The molecule has 1 N–H and O–H groups in total. The minimum atomic E-state index is -0.512. The first-order valence-electron chi connectivity index (χ1n) is 5.03. The lowest BCUT2D eigenvalue weighted by molar-refractivity contribution is 0.199. The molecule has 1 aromatic rings. The average Bonchev–Trinajstić information content (AvgIpc) is 2.26. The first-order valence-corrected chi connectivity index (χ1v) is 5.03. The molecule has 0 radical (unpaired) electrons. The van der Waals surface area contributed by atoms with Gasteiger partial charge in [-0.05, 0) is 26.0 Å². The molecule has 0 aliphatic carbocycles. The Morgan fingerprint density at radius 2 is 2.20 bits per heavy atom. The highest BCUT2D eigenvalue weighted by molar-refractivity contribution is 5.57. The predicted octanol–water partition coefficient (Wildman–Crippen LogP) is 2.07. The van der Waals surface area contributed by atoms with Gasteiger partial charge in [0.25, 0.3) is 0 Å². The van der Waals surface area contributed by atoms with E-state index in [4.69, 9.17) is 5.26 Å². The lowest BCUT2D eigenvalue weighted by atomic mass is 10.0. The normalized spacial score (nSPS) is 11.9. The Morgan fingerprint density at radius 3 is 2.67 bits per heavy atom. The summed E-state index contributed by atoms with van der Waals surface area (Å²) in [5.74, 6) is 0. The first kappa shape index (κ1) is 11.5. The SMILES string of the molecule is CCN(C)c1cc(C#N)ccc1[C@@H](C)O. The van der Waals surface area contributed by atoms with E-state index in [9.17, 15) is 5.11 Å². The van der Waals surface area contributed by atoms with Gasteiger partial charge in [-0.25, -0.2) is 0 Å². The summed E-state index contributed by atoms with van der Waals surface area (Å²) in [4.78, 5) is 2.02. The minimum Gasteiger partial charge on any atom is -0.389 e. The number of nitrogens with zero attached hydrogens (tertiary/aromatic N) is 2. The summed E-state index contributed by atoms with van der Waals surface area (Å²) >= 11 is 0. The number of aliphatic hydroxyl groups is 1. The van der Waals surface area contributed by atoms with Crippen LogP contribution in [0.25, 0.3) is 0 Å². The Labute approximate surface area is 90.6 Å². The summed E-state index contributed by atoms with van der Waals surface area (Å²) in [7, 11) is 1.95. The maximum Gasteiger partial charge on any atom is 0.0992 e. The molecule has 80 valence electrons. The Hall–Kier alpha value is -1.53. The Balaban J connectivity index is 3.23. The molecule has 3 heteroatoms. The van der Waals surface area contributed by atoms with Crippen LogP contribution in [-0.2, 0) is 0 Å². The molecule has 0 aliphatic heterocycles. The number of aliphatic hydroxyl groups excluding tert-OH is 1. The predicted molar refractivity (Wildman–Crippen MR) is 60.7 cm³/mol.